The van der Waals surface area contributed by atoms with E-state index in [0.29, 0.717) is 26.1 Å². The van der Waals surface area contributed by atoms with E-state index in [2.05, 4.69) is 4.72 Å². The fourth-order valence-electron chi connectivity index (χ4n) is 2.92. The molecule has 1 fully saturated rings. The minimum absolute atomic E-state index is 0.0149. The molecule has 0 radical (unpaired) electrons. The maximum atomic E-state index is 12.7. The zero-order valence-electron chi connectivity index (χ0n) is 15.2. The largest absolute Gasteiger partial charge is 0.391 e. The van der Waals surface area contributed by atoms with Crippen LogP contribution in [0.25, 0.3) is 0 Å². The highest BCUT2D eigenvalue weighted by Crippen LogP contribution is 2.24. The summed E-state index contributed by atoms with van der Waals surface area (Å²) >= 11 is 6.03. The molecule has 2 rings (SSSR count). The average Bonchev–Trinajstić information content (AvgIpc) is 2.64. The summed E-state index contributed by atoms with van der Waals surface area (Å²) < 4.78 is 39.1. The molecule has 3 atom stereocenters. The van der Waals surface area contributed by atoms with E-state index in [1.807, 2.05) is 13.8 Å². The summed E-state index contributed by atoms with van der Waals surface area (Å²) in [5.41, 5.74) is 0. The Bertz CT molecular complexity index is 663. The summed E-state index contributed by atoms with van der Waals surface area (Å²) in [6.07, 6.45) is 1.30. The normalized spacial score (nSPS) is 19.8. The Labute approximate surface area is 160 Å². The van der Waals surface area contributed by atoms with Crippen molar-refractivity contribution in [3.05, 3.63) is 29.3 Å². The van der Waals surface area contributed by atoms with Gasteiger partial charge in [0.15, 0.2) is 6.29 Å². The van der Waals surface area contributed by atoms with Crippen molar-refractivity contribution in [1.82, 2.24) is 4.72 Å². The van der Waals surface area contributed by atoms with Gasteiger partial charge in [0.1, 0.15) is 4.90 Å². The summed E-state index contributed by atoms with van der Waals surface area (Å²) in [6.45, 7) is 5.17. The molecule has 1 unspecified atom stereocenters. The fraction of sp³-hybridized carbons (Fsp3) is 0.667. The molecule has 0 aromatic heterocycles. The lowest BCUT2D eigenvalue weighted by molar-refractivity contribution is -0.184. The molecule has 1 aromatic rings. The van der Waals surface area contributed by atoms with E-state index in [4.69, 9.17) is 21.1 Å². The van der Waals surface area contributed by atoms with Crippen molar-refractivity contribution in [2.24, 2.45) is 5.92 Å². The van der Waals surface area contributed by atoms with Crippen molar-refractivity contribution >= 4 is 21.6 Å². The summed E-state index contributed by atoms with van der Waals surface area (Å²) in [5, 5.41) is 10.8. The molecule has 1 aliphatic rings. The van der Waals surface area contributed by atoms with Crippen LogP contribution in [0.15, 0.2) is 29.2 Å². The Balaban J connectivity index is 2.07. The van der Waals surface area contributed by atoms with E-state index in [9.17, 15) is 13.5 Å². The highest BCUT2D eigenvalue weighted by molar-refractivity contribution is 7.89. The Kier molecular flexibility index (Phi) is 8.32. The molecule has 1 aromatic carbocycles. The predicted molar refractivity (Wildman–Crippen MR) is 101 cm³/mol. The first-order valence-corrected chi connectivity index (χ1v) is 10.9. The second-order valence-corrected chi connectivity index (χ2v) is 8.72. The van der Waals surface area contributed by atoms with Crippen molar-refractivity contribution in [3.8, 4) is 0 Å². The van der Waals surface area contributed by atoms with Gasteiger partial charge in [-0.1, -0.05) is 44.0 Å². The zero-order chi connectivity index (χ0) is 19.2. The number of halogens is 1. The van der Waals surface area contributed by atoms with Gasteiger partial charge in [0.25, 0.3) is 0 Å². The van der Waals surface area contributed by atoms with Gasteiger partial charge < -0.3 is 14.6 Å². The average molecular weight is 406 g/mol. The van der Waals surface area contributed by atoms with Crippen molar-refractivity contribution < 1.29 is 23.0 Å². The molecular weight excluding hydrogens is 378 g/mol. The van der Waals surface area contributed by atoms with E-state index in [1.165, 1.54) is 12.1 Å². The van der Waals surface area contributed by atoms with Gasteiger partial charge in [-0.2, -0.15) is 0 Å². The van der Waals surface area contributed by atoms with Crippen LogP contribution in [0.4, 0.5) is 0 Å². The number of hydrogen-bond acceptors (Lipinski definition) is 5. The number of rotatable bonds is 9. The Hall–Kier alpha value is -0.700. The highest BCUT2D eigenvalue weighted by Gasteiger charge is 2.31. The SMILES string of the molecule is CC[C@H](C)[C@H](NS(=O)(=O)c1ccccc1Cl)C(O)CCC1OCCCO1. The topological polar surface area (TPSA) is 84.9 Å². The highest BCUT2D eigenvalue weighted by atomic mass is 35.5. The molecule has 8 heteroatoms. The number of aliphatic hydroxyl groups is 1. The quantitative estimate of drug-likeness (QED) is 0.659. The third-order valence-corrected chi connectivity index (χ3v) is 6.64. The van der Waals surface area contributed by atoms with Gasteiger partial charge in [-0.25, -0.2) is 13.1 Å². The smallest absolute Gasteiger partial charge is 0.242 e. The Morgan fingerprint density at radius 2 is 1.96 bits per heavy atom. The molecule has 1 aliphatic heterocycles. The van der Waals surface area contributed by atoms with Gasteiger partial charge in [-0.05, 0) is 30.9 Å². The van der Waals surface area contributed by atoms with Crippen LogP contribution in [0.5, 0.6) is 0 Å². The lowest BCUT2D eigenvalue weighted by Crippen LogP contribution is -2.47. The van der Waals surface area contributed by atoms with Gasteiger partial charge in [0.2, 0.25) is 10.0 Å². The van der Waals surface area contributed by atoms with Crippen LogP contribution in [0.1, 0.15) is 39.5 Å². The lowest BCUT2D eigenvalue weighted by Gasteiger charge is -2.30. The van der Waals surface area contributed by atoms with Crippen LogP contribution in [0.2, 0.25) is 5.02 Å². The molecular formula is C18H28ClNO5S. The monoisotopic (exact) mass is 405 g/mol. The van der Waals surface area contributed by atoms with Gasteiger partial charge in [-0.15, -0.1) is 0 Å². The van der Waals surface area contributed by atoms with Gasteiger partial charge in [-0.3, -0.25) is 0 Å². The third-order valence-electron chi connectivity index (χ3n) is 4.68. The number of hydrogen-bond donors (Lipinski definition) is 2. The van der Waals surface area contributed by atoms with Gasteiger partial charge in [0, 0.05) is 6.42 Å². The number of aliphatic hydroxyl groups excluding tert-OH is 1. The van der Waals surface area contributed by atoms with E-state index in [1.54, 1.807) is 12.1 Å². The molecule has 0 aliphatic carbocycles. The van der Waals surface area contributed by atoms with Crippen molar-refractivity contribution in [2.75, 3.05) is 13.2 Å². The Morgan fingerprint density at radius 3 is 2.58 bits per heavy atom. The first-order chi connectivity index (χ1) is 12.3. The van der Waals surface area contributed by atoms with Crippen molar-refractivity contribution in [3.63, 3.8) is 0 Å². The van der Waals surface area contributed by atoms with Crippen molar-refractivity contribution in [1.29, 1.82) is 0 Å². The maximum Gasteiger partial charge on any atom is 0.242 e. The van der Waals surface area contributed by atoms with E-state index in [0.717, 1.165) is 12.8 Å². The second-order valence-electron chi connectivity index (χ2n) is 6.63. The predicted octanol–water partition coefficient (Wildman–Crippen LogP) is 2.94. The van der Waals surface area contributed by atoms with Crippen molar-refractivity contribution in [2.45, 2.75) is 62.9 Å². The number of nitrogens with one attached hydrogen (secondary N) is 1. The minimum atomic E-state index is -3.84. The molecule has 0 bridgehead atoms. The molecule has 148 valence electrons. The summed E-state index contributed by atoms with van der Waals surface area (Å²) in [5.74, 6) is -0.0459. The van der Waals surface area contributed by atoms with Gasteiger partial charge in [0.05, 0.1) is 30.4 Å². The van der Waals surface area contributed by atoms with Crippen LogP contribution in [0.3, 0.4) is 0 Å². The minimum Gasteiger partial charge on any atom is -0.391 e. The third kappa shape index (κ3) is 5.90. The molecule has 2 N–H and O–H groups in total. The second kappa shape index (κ2) is 10.0. The number of ether oxygens (including phenoxy) is 2. The first kappa shape index (κ1) is 21.6. The lowest BCUT2D eigenvalue weighted by atomic mass is 9.93. The van der Waals surface area contributed by atoms with Gasteiger partial charge >= 0.3 is 0 Å². The Morgan fingerprint density at radius 1 is 1.31 bits per heavy atom. The van der Waals surface area contributed by atoms with Crippen LogP contribution in [-0.2, 0) is 19.5 Å². The summed E-state index contributed by atoms with van der Waals surface area (Å²) in [7, 11) is -3.84. The van der Waals surface area contributed by atoms with Crippen LogP contribution < -0.4 is 4.72 Å². The standard InChI is InChI=1S/C18H28ClNO5S/c1-3-13(2)18(15(21)9-10-17-24-11-6-12-25-17)20-26(22,23)16-8-5-4-7-14(16)19/h4-5,7-8,13,15,17-18,20-21H,3,6,9-12H2,1-2H3/t13-,15?,18-/m0/s1. The maximum absolute atomic E-state index is 12.7. The van der Waals surface area contributed by atoms with Crippen LogP contribution in [0, 0.1) is 5.92 Å². The molecule has 0 saturated carbocycles. The number of sulfonamides is 1. The van der Waals surface area contributed by atoms with E-state index >= 15 is 0 Å². The fourth-order valence-corrected chi connectivity index (χ4v) is 4.82. The van der Waals surface area contributed by atoms with Crippen LogP contribution in [-0.4, -0.2) is 45.2 Å². The molecule has 0 amide bonds. The molecule has 1 saturated heterocycles. The molecule has 26 heavy (non-hydrogen) atoms. The summed E-state index contributed by atoms with van der Waals surface area (Å²) in [4.78, 5) is 0.0149. The van der Waals surface area contributed by atoms with E-state index in [-0.39, 0.29) is 22.1 Å². The molecule has 1 heterocycles. The number of benzene rings is 1. The van der Waals surface area contributed by atoms with E-state index < -0.39 is 22.2 Å². The molecule has 0 spiro atoms. The summed E-state index contributed by atoms with van der Waals surface area (Å²) in [6, 6.07) is 5.65. The zero-order valence-corrected chi connectivity index (χ0v) is 16.8. The first-order valence-electron chi connectivity index (χ1n) is 9.03. The van der Waals surface area contributed by atoms with Crippen LogP contribution >= 0.6 is 11.6 Å². The molecule has 6 nitrogen and oxygen atoms in total.